The second-order valence-corrected chi connectivity index (χ2v) is 12.8. The molecule has 0 spiro atoms. The Morgan fingerprint density at radius 1 is 0.697 bits per heavy atom. The van der Waals surface area contributed by atoms with Crippen molar-refractivity contribution in [3.8, 4) is 0 Å². The molecule has 8 heteroatoms. The molecule has 3 saturated heterocycles. The summed E-state index contributed by atoms with van der Waals surface area (Å²) in [6.07, 6.45) is -1.49. The van der Waals surface area contributed by atoms with Gasteiger partial charge in [0.05, 0.1) is 6.61 Å². The molecule has 3 aromatic carbocycles. The lowest BCUT2D eigenvalue weighted by Gasteiger charge is -2.37. The lowest BCUT2D eigenvalue weighted by Crippen LogP contribution is -2.70. The minimum absolute atomic E-state index is 0.190. The van der Waals surface area contributed by atoms with Gasteiger partial charge in [-0.1, -0.05) is 91.0 Å². The lowest BCUT2D eigenvalue weighted by atomic mass is 10.1. The van der Waals surface area contributed by atoms with Crippen molar-refractivity contribution in [2.24, 2.45) is 0 Å². The van der Waals surface area contributed by atoms with Crippen LogP contribution in [0, 0.1) is 0 Å². The normalized spacial score (nSPS) is 30.5. The molecule has 0 amide bonds. The summed E-state index contributed by atoms with van der Waals surface area (Å²) in [5.74, 6) is 0. The quantitative estimate of drug-likeness (QED) is 0.294. The van der Waals surface area contributed by atoms with Gasteiger partial charge in [0, 0.05) is 7.11 Å². The minimum atomic E-state index is -2.83. The Morgan fingerprint density at radius 2 is 1.21 bits per heavy atom. The molecule has 2 unspecified atom stereocenters. The SMILES string of the molecule is COC1O[C@@H]2C(CO[Si](c3ccccc3)(c3ccccc3)c3ccccc3)O[P@@]3O[C@@H]2[C@@H]1O3. The number of ether oxygens (including phenoxy) is 2. The summed E-state index contributed by atoms with van der Waals surface area (Å²) in [6.45, 7) is 0.362. The maximum absolute atomic E-state index is 7.06. The molecule has 2 bridgehead atoms. The molecule has 3 aliphatic rings. The van der Waals surface area contributed by atoms with Crippen LogP contribution in [0.25, 0.3) is 0 Å². The van der Waals surface area contributed by atoms with E-state index in [1.165, 1.54) is 15.6 Å². The topological polar surface area (TPSA) is 55.4 Å². The molecule has 0 saturated carbocycles. The molecule has 0 aromatic heterocycles. The molecule has 6 nitrogen and oxygen atoms in total. The van der Waals surface area contributed by atoms with Crippen LogP contribution in [0.5, 0.6) is 0 Å². The number of rotatable bonds is 7. The van der Waals surface area contributed by atoms with Crippen LogP contribution in [0.2, 0.25) is 0 Å². The van der Waals surface area contributed by atoms with E-state index >= 15 is 0 Å². The Balaban J connectivity index is 1.39. The zero-order valence-electron chi connectivity index (χ0n) is 18.2. The van der Waals surface area contributed by atoms with Crippen LogP contribution in [0.3, 0.4) is 0 Å². The molecule has 170 valence electrons. The van der Waals surface area contributed by atoms with Gasteiger partial charge in [-0.2, -0.15) is 0 Å². The van der Waals surface area contributed by atoms with E-state index in [4.69, 9.17) is 27.5 Å². The van der Waals surface area contributed by atoms with E-state index in [0.29, 0.717) is 6.61 Å². The van der Waals surface area contributed by atoms with Crippen LogP contribution in [-0.4, -0.2) is 52.7 Å². The summed E-state index contributed by atoms with van der Waals surface area (Å²) in [7, 11) is -2.62. The van der Waals surface area contributed by atoms with Gasteiger partial charge in [0.25, 0.3) is 8.32 Å². The highest BCUT2D eigenvalue weighted by Crippen LogP contribution is 2.59. The van der Waals surface area contributed by atoms with Crippen LogP contribution in [0.4, 0.5) is 0 Å². The average molecular weight is 481 g/mol. The van der Waals surface area contributed by atoms with Crippen LogP contribution in [-0.2, 0) is 27.5 Å². The third-order valence-corrected chi connectivity index (χ3v) is 11.8. The average Bonchev–Trinajstić information content (AvgIpc) is 3.41. The smallest absolute Gasteiger partial charge is 0.334 e. The summed E-state index contributed by atoms with van der Waals surface area (Å²) < 4.78 is 36.6. The minimum Gasteiger partial charge on any atom is -0.401 e. The Bertz CT molecular complexity index is 975. The fourth-order valence-corrected chi connectivity index (χ4v) is 10.2. The molecule has 3 fully saturated rings. The third kappa shape index (κ3) is 3.69. The van der Waals surface area contributed by atoms with E-state index in [2.05, 4.69) is 72.8 Å². The fourth-order valence-electron chi connectivity index (χ4n) is 4.91. The van der Waals surface area contributed by atoms with E-state index in [-0.39, 0.29) is 24.4 Å². The molecular formula is C25H25O6PSi. The third-order valence-electron chi connectivity index (χ3n) is 6.45. The van der Waals surface area contributed by atoms with E-state index in [1.54, 1.807) is 7.11 Å². The molecule has 3 aromatic rings. The molecule has 3 heterocycles. The monoisotopic (exact) mass is 480 g/mol. The maximum Gasteiger partial charge on any atom is 0.334 e. The molecule has 3 aliphatic heterocycles. The van der Waals surface area contributed by atoms with Crippen molar-refractivity contribution in [3.63, 3.8) is 0 Å². The Kier molecular flexibility index (Phi) is 5.90. The fraction of sp³-hybridized carbons (Fsp3) is 0.280. The van der Waals surface area contributed by atoms with Crippen molar-refractivity contribution in [1.82, 2.24) is 0 Å². The first-order chi connectivity index (χ1) is 16.3. The van der Waals surface area contributed by atoms with Gasteiger partial charge in [-0.3, -0.25) is 0 Å². The van der Waals surface area contributed by atoms with Gasteiger partial charge in [-0.15, -0.1) is 0 Å². The van der Waals surface area contributed by atoms with Crippen LogP contribution in [0.15, 0.2) is 91.0 Å². The van der Waals surface area contributed by atoms with Crippen molar-refractivity contribution in [1.29, 1.82) is 0 Å². The number of hydrogen-bond donors (Lipinski definition) is 0. The maximum atomic E-state index is 7.06. The summed E-state index contributed by atoms with van der Waals surface area (Å²) in [6, 6.07) is 31.5. The molecule has 6 rings (SSSR count). The first kappa shape index (κ1) is 21.6. The van der Waals surface area contributed by atoms with Gasteiger partial charge >= 0.3 is 8.60 Å². The molecule has 0 aliphatic carbocycles. The van der Waals surface area contributed by atoms with Gasteiger partial charge in [0.1, 0.15) is 24.4 Å². The van der Waals surface area contributed by atoms with Gasteiger partial charge < -0.3 is 27.5 Å². The van der Waals surface area contributed by atoms with Gasteiger partial charge in [0.2, 0.25) is 0 Å². The Labute approximate surface area is 195 Å². The van der Waals surface area contributed by atoms with Crippen LogP contribution in [0.1, 0.15) is 0 Å². The summed E-state index contributed by atoms with van der Waals surface area (Å²) in [4.78, 5) is 0. The largest absolute Gasteiger partial charge is 0.401 e. The van der Waals surface area contributed by atoms with E-state index < -0.39 is 23.2 Å². The van der Waals surface area contributed by atoms with Crippen LogP contribution >= 0.6 is 8.60 Å². The van der Waals surface area contributed by atoms with Crippen molar-refractivity contribution in [3.05, 3.63) is 91.0 Å². The van der Waals surface area contributed by atoms with Gasteiger partial charge in [0.15, 0.2) is 6.29 Å². The number of fused-ring (bicyclic) bond motifs is 1. The molecular weight excluding hydrogens is 455 g/mol. The van der Waals surface area contributed by atoms with Crippen molar-refractivity contribution in [2.75, 3.05) is 13.7 Å². The molecule has 0 radical (unpaired) electrons. The van der Waals surface area contributed by atoms with Gasteiger partial charge in [-0.05, 0) is 15.6 Å². The highest BCUT2D eigenvalue weighted by Gasteiger charge is 2.61. The highest BCUT2D eigenvalue weighted by atomic mass is 31.2. The molecule has 33 heavy (non-hydrogen) atoms. The van der Waals surface area contributed by atoms with Crippen molar-refractivity contribution >= 4 is 32.5 Å². The standard InChI is InChI=1S/C25H25O6PSi/c1-26-25-24-23-22(28-25)21(29-32(30-23)31-24)17-27-33(18-11-5-2-6-12-18,19-13-7-3-8-14-19)20-15-9-4-10-16-20/h2-16,21-25H,17H2,1H3/t21?,22-,23+,24+,25?,32+/m1/s1. The van der Waals surface area contributed by atoms with E-state index in [1.807, 2.05) is 18.2 Å². The summed E-state index contributed by atoms with van der Waals surface area (Å²) in [5, 5.41) is 3.54. The molecule has 6 atom stereocenters. The predicted octanol–water partition coefficient (Wildman–Crippen LogP) is 2.45. The summed E-state index contributed by atoms with van der Waals surface area (Å²) >= 11 is 0. The van der Waals surface area contributed by atoms with Gasteiger partial charge in [-0.25, -0.2) is 0 Å². The van der Waals surface area contributed by atoms with E-state index in [9.17, 15) is 0 Å². The predicted molar refractivity (Wildman–Crippen MR) is 127 cm³/mol. The highest BCUT2D eigenvalue weighted by molar-refractivity contribution is 7.42. The zero-order valence-corrected chi connectivity index (χ0v) is 20.0. The number of methoxy groups -OCH3 is 1. The lowest BCUT2D eigenvalue weighted by molar-refractivity contribution is -0.177. The second kappa shape index (κ2) is 9.02. The van der Waals surface area contributed by atoms with Crippen LogP contribution < -0.4 is 15.6 Å². The zero-order chi connectivity index (χ0) is 22.3. The summed E-state index contributed by atoms with van der Waals surface area (Å²) in [5.41, 5.74) is 0. The Hall–Kier alpha value is -1.93. The van der Waals surface area contributed by atoms with E-state index in [0.717, 1.165) is 0 Å². The first-order valence-electron chi connectivity index (χ1n) is 11.1. The van der Waals surface area contributed by atoms with Crippen molar-refractivity contribution < 1.29 is 27.5 Å². The molecule has 0 N–H and O–H groups in total. The second-order valence-electron chi connectivity index (χ2n) is 8.30. The number of hydrogen-bond acceptors (Lipinski definition) is 6. The Morgan fingerprint density at radius 3 is 1.73 bits per heavy atom. The van der Waals surface area contributed by atoms with Crippen molar-refractivity contribution in [2.45, 2.75) is 30.7 Å². The first-order valence-corrected chi connectivity index (χ1v) is 14.1. The number of benzene rings is 3.